The Bertz CT molecular complexity index is 1990. The van der Waals surface area contributed by atoms with Crippen LogP contribution < -0.4 is 24.3 Å². The lowest BCUT2D eigenvalue weighted by Crippen LogP contribution is -2.22. The minimum atomic E-state index is -0.615. The molecule has 1 aliphatic carbocycles. The smallest absolute Gasteiger partial charge is 0.339 e. The maximum Gasteiger partial charge on any atom is 0.339 e. The Labute approximate surface area is 276 Å². The van der Waals surface area contributed by atoms with E-state index in [2.05, 4.69) is 5.32 Å². The number of methoxy groups -OCH3 is 3. The molecule has 1 N–H and O–H groups in total. The van der Waals surface area contributed by atoms with Gasteiger partial charge in [-0.1, -0.05) is 48.0 Å². The van der Waals surface area contributed by atoms with Crippen LogP contribution in [0.15, 0.2) is 84.9 Å². The zero-order chi connectivity index (χ0) is 32.9. The van der Waals surface area contributed by atoms with E-state index in [9.17, 15) is 9.59 Å². The first kappa shape index (κ1) is 31.4. The summed E-state index contributed by atoms with van der Waals surface area (Å²) in [6.07, 6.45) is 3.22. The van der Waals surface area contributed by atoms with Crippen LogP contribution in [0.1, 0.15) is 33.6 Å². The van der Waals surface area contributed by atoms with Gasteiger partial charge in [0.15, 0.2) is 23.9 Å². The number of fused-ring (bicyclic) bond motifs is 2. The molecule has 0 atom stereocenters. The summed E-state index contributed by atoms with van der Waals surface area (Å²) in [7, 11) is 4.69. The van der Waals surface area contributed by atoms with Crippen molar-refractivity contribution in [3.8, 4) is 28.7 Å². The third kappa shape index (κ3) is 6.71. The number of amides is 1. The number of allylic oxidation sites excluding steroid dienone is 1. The van der Waals surface area contributed by atoms with E-state index in [-0.39, 0.29) is 0 Å². The number of anilines is 1. The monoisotopic (exact) mass is 650 g/mol. The van der Waals surface area contributed by atoms with E-state index < -0.39 is 18.5 Å². The van der Waals surface area contributed by atoms with Gasteiger partial charge in [-0.05, 0) is 84.1 Å². The second-order valence-electron chi connectivity index (χ2n) is 10.6. The summed E-state index contributed by atoms with van der Waals surface area (Å²) < 4.78 is 28.1. The molecule has 0 spiro atoms. The lowest BCUT2D eigenvalue weighted by atomic mass is 10.0. The van der Waals surface area contributed by atoms with Crippen LogP contribution in [-0.2, 0) is 16.0 Å². The first-order chi connectivity index (χ1) is 22.9. The third-order valence-corrected chi connectivity index (χ3v) is 7.93. The number of carbonyl (C=O) groups excluding carboxylic acids is 2. The number of carbonyl (C=O) groups is 2. The van der Waals surface area contributed by atoms with E-state index in [1.165, 1.54) is 0 Å². The number of aromatic nitrogens is 1. The number of esters is 1. The van der Waals surface area contributed by atoms with Gasteiger partial charge >= 0.3 is 5.97 Å². The summed E-state index contributed by atoms with van der Waals surface area (Å²) in [5.74, 6) is 1.38. The van der Waals surface area contributed by atoms with Crippen molar-refractivity contribution in [2.24, 2.45) is 0 Å². The number of halogens is 1. The molecule has 10 heteroatoms. The van der Waals surface area contributed by atoms with E-state index >= 15 is 0 Å². The number of nitrogens with one attached hydrogen (secondary N) is 1. The van der Waals surface area contributed by atoms with E-state index in [0.717, 1.165) is 16.7 Å². The van der Waals surface area contributed by atoms with Crippen LogP contribution in [-0.4, -0.2) is 44.8 Å². The lowest BCUT2D eigenvalue weighted by molar-refractivity contribution is -0.119. The Kier molecular flexibility index (Phi) is 9.26. The molecule has 5 aromatic rings. The largest absolute Gasteiger partial charge is 0.493 e. The SMILES string of the molecule is COc1cc(C=C2CCc3c2nc2ccccc2c3C(=O)OCC(=O)Nc2cc(Cl)ccc2Oc2ccccc2)cc(OC)c1OC. The van der Waals surface area contributed by atoms with Gasteiger partial charge in [0, 0.05) is 10.4 Å². The van der Waals surface area contributed by atoms with Crippen LogP contribution >= 0.6 is 11.6 Å². The van der Waals surface area contributed by atoms with Crippen molar-refractivity contribution >= 4 is 51.7 Å². The molecular weight excluding hydrogens is 620 g/mol. The van der Waals surface area contributed by atoms with Gasteiger partial charge in [-0.3, -0.25) is 4.79 Å². The molecule has 6 rings (SSSR count). The highest BCUT2D eigenvalue weighted by atomic mass is 35.5. The molecule has 1 aromatic heterocycles. The molecule has 0 unspecified atom stereocenters. The molecule has 0 saturated carbocycles. The van der Waals surface area contributed by atoms with Gasteiger partial charge in [-0.25, -0.2) is 9.78 Å². The quantitative estimate of drug-likeness (QED) is 0.152. The Balaban J connectivity index is 1.26. The van der Waals surface area contributed by atoms with Crippen LogP contribution in [0.4, 0.5) is 5.69 Å². The zero-order valence-electron chi connectivity index (χ0n) is 26.0. The second-order valence-corrected chi connectivity index (χ2v) is 11.1. The highest BCUT2D eigenvalue weighted by molar-refractivity contribution is 6.31. The Hall–Kier alpha value is -5.54. The number of nitrogens with zero attached hydrogens (tertiary/aromatic N) is 1. The molecule has 0 fully saturated rings. The second kappa shape index (κ2) is 13.8. The number of rotatable bonds is 10. The van der Waals surface area contributed by atoms with Crippen LogP contribution in [0.25, 0.3) is 22.6 Å². The minimum Gasteiger partial charge on any atom is -0.493 e. The molecule has 0 saturated heterocycles. The van der Waals surface area contributed by atoms with Crippen molar-refractivity contribution in [2.45, 2.75) is 12.8 Å². The summed E-state index contributed by atoms with van der Waals surface area (Å²) in [5, 5.41) is 3.81. The lowest BCUT2D eigenvalue weighted by Gasteiger charge is -2.14. The molecule has 0 bridgehead atoms. The fourth-order valence-electron chi connectivity index (χ4n) is 5.59. The summed E-state index contributed by atoms with van der Waals surface area (Å²) in [5.41, 5.74) is 4.62. The highest BCUT2D eigenvalue weighted by Crippen LogP contribution is 2.42. The number of pyridine rings is 1. The predicted octanol–water partition coefficient (Wildman–Crippen LogP) is 7.99. The zero-order valence-corrected chi connectivity index (χ0v) is 26.7. The van der Waals surface area contributed by atoms with Gasteiger partial charge in [0.05, 0.1) is 43.8 Å². The molecule has 1 aliphatic rings. The van der Waals surface area contributed by atoms with Gasteiger partial charge < -0.3 is 29.0 Å². The normalized spacial score (nSPS) is 12.8. The summed E-state index contributed by atoms with van der Waals surface area (Å²) in [6, 6.07) is 25.2. The van der Waals surface area contributed by atoms with Crippen LogP contribution in [0.3, 0.4) is 0 Å². The molecule has 238 valence electrons. The molecule has 0 aliphatic heterocycles. The van der Waals surface area contributed by atoms with Gasteiger partial charge in [0.1, 0.15) is 5.75 Å². The first-order valence-corrected chi connectivity index (χ1v) is 15.2. The molecule has 4 aromatic carbocycles. The number of hydrogen-bond acceptors (Lipinski definition) is 8. The topological polar surface area (TPSA) is 105 Å². The maximum absolute atomic E-state index is 13.7. The van der Waals surface area contributed by atoms with Crippen LogP contribution in [0.2, 0.25) is 5.02 Å². The fourth-order valence-corrected chi connectivity index (χ4v) is 5.76. The molecule has 1 heterocycles. The van der Waals surface area contributed by atoms with Crippen molar-refractivity contribution in [3.05, 3.63) is 112 Å². The van der Waals surface area contributed by atoms with E-state index in [4.69, 9.17) is 40.3 Å². The van der Waals surface area contributed by atoms with Gasteiger partial charge in [-0.2, -0.15) is 0 Å². The Morgan fingerprint density at radius 2 is 1.57 bits per heavy atom. The van der Waals surface area contributed by atoms with Crippen molar-refractivity contribution < 1.29 is 33.3 Å². The molecule has 47 heavy (non-hydrogen) atoms. The average Bonchev–Trinajstić information content (AvgIpc) is 3.48. The Morgan fingerprint density at radius 1 is 0.851 bits per heavy atom. The van der Waals surface area contributed by atoms with E-state index in [1.807, 2.05) is 60.7 Å². The van der Waals surface area contributed by atoms with Crippen molar-refractivity contribution in [2.75, 3.05) is 33.3 Å². The number of para-hydroxylation sites is 2. The predicted molar refractivity (Wildman–Crippen MR) is 181 cm³/mol. The number of benzene rings is 4. The fraction of sp³-hybridized carbons (Fsp3) is 0.162. The minimum absolute atomic E-state index is 0.347. The Morgan fingerprint density at radius 3 is 2.30 bits per heavy atom. The molecule has 0 radical (unpaired) electrons. The third-order valence-electron chi connectivity index (χ3n) is 7.69. The van der Waals surface area contributed by atoms with Gasteiger partial charge in [0.2, 0.25) is 5.75 Å². The molecular formula is C37H31ClN2O7. The number of ether oxygens (including phenoxy) is 5. The van der Waals surface area contributed by atoms with Crippen molar-refractivity contribution in [1.82, 2.24) is 4.98 Å². The first-order valence-electron chi connectivity index (χ1n) is 14.8. The summed E-state index contributed by atoms with van der Waals surface area (Å²) >= 11 is 6.21. The van der Waals surface area contributed by atoms with Crippen molar-refractivity contribution in [1.29, 1.82) is 0 Å². The van der Waals surface area contributed by atoms with E-state index in [0.29, 0.717) is 74.5 Å². The van der Waals surface area contributed by atoms with Crippen LogP contribution in [0, 0.1) is 0 Å². The standard InChI is InChI=1S/C37H31ClN2O7/c1-43-31-18-22(19-32(44-2)36(31)45-3)17-23-13-15-27-34(26-11-7-8-12-28(26)40-35(23)27)37(42)46-21-33(41)39-29-20-24(38)14-16-30(29)47-25-9-5-4-6-10-25/h4-12,14,16-20H,13,15,21H2,1-3H3,(H,39,41). The number of hydrogen-bond donors (Lipinski definition) is 1. The van der Waals surface area contributed by atoms with Crippen LogP contribution in [0.5, 0.6) is 28.7 Å². The van der Waals surface area contributed by atoms with Crippen molar-refractivity contribution in [3.63, 3.8) is 0 Å². The maximum atomic E-state index is 13.7. The molecule has 1 amide bonds. The summed E-state index contributed by atoms with van der Waals surface area (Å²) in [4.78, 5) is 31.7. The average molecular weight is 651 g/mol. The molecule has 9 nitrogen and oxygen atoms in total. The van der Waals surface area contributed by atoms with Gasteiger partial charge in [0.25, 0.3) is 5.91 Å². The highest BCUT2D eigenvalue weighted by Gasteiger charge is 2.28. The van der Waals surface area contributed by atoms with E-state index in [1.54, 1.807) is 51.7 Å². The van der Waals surface area contributed by atoms with Gasteiger partial charge in [-0.15, -0.1) is 0 Å². The summed E-state index contributed by atoms with van der Waals surface area (Å²) in [6.45, 7) is -0.518.